The summed E-state index contributed by atoms with van der Waals surface area (Å²) in [4.78, 5) is 0. The van der Waals surface area contributed by atoms with E-state index >= 15 is 0 Å². The van der Waals surface area contributed by atoms with Crippen molar-refractivity contribution in [2.75, 3.05) is 5.32 Å². The summed E-state index contributed by atoms with van der Waals surface area (Å²) in [7, 11) is 0. The number of halogens is 1. The van der Waals surface area contributed by atoms with Gasteiger partial charge in [-0.25, -0.2) is 4.39 Å². The molecule has 0 amide bonds. The van der Waals surface area contributed by atoms with E-state index in [1.54, 1.807) is 19.1 Å². The second-order valence-corrected chi connectivity index (χ2v) is 3.71. The number of benzene rings is 1. The molecule has 0 atom stereocenters. The molecule has 0 heterocycles. The molecule has 1 aliphatic carbocycles. The number of hydrogen-bond acceptors (Lipinski definition) is 1. The van der Waals surface area contributed by atoms with Gasteiger partial charge in [0.05, 0.1) is 5.69 Å². The van der Waals surface area contributed by atoms with E-state index in [1.165, 1.54) is 19.3 Å². The minimum Gasteiger partial charge on any atom is -0.380 e. The van der Waals surface area contributed by atoms with Crippen LogP contribution < -0.4 is 5.32 Å². The van der Waals surface area contributed by atoms with E-state index in [2.05, 4.69) is 5.32 Å². The van der Waals surface area contributed by atoms with E-state index in [-0.39, 0.29) is 5.82 Å². The van der Waals surface area contributed by atoms with E-state index < -0.39 is 0 Å². The van der Waals surface area contributed by atoms with Crippen molar-refractivity contribution in [3.63, 3.8) is 0 Å². The van der Waals surface area contributed by atoms with Gasteiger partial charge in [-0.2, -0.15) is 0 Å². The highest BCUT2D eigenvalue weighted by Gasteiger charge is 2.18. The summed E-state index contributed by atoms with van der Waals surface area (Å²) in [5.74, 6) is -0.102. The summed E-state index contributed by atoms with van der Waals surface area (Å²) in [6.07, 6.45) is 3.62. The highest BCUT2D eigenvalue weighted by Crippen LogP contribution is 2.25. The van der Waals surface area contributed by atoms with Crippen LogP contribution in [0.15, 0.2) is 18.2 Å². The summed E-state index contributed by atoms with van der Waals surface area (Å²) in [6.45, 7) is 1.79. The lowest BCUT2D eigenvalue weighted by atomic mass is 9.93. The molecule has 0 bridgehead atoms. The Kier molecular flexibility index (Phi) is 2.21. The first-order valence-corrected chi connectivity index (χ1v) is 4.79. The molecular formula is C11H14FN. The summed E-state index contributed by atoms with van der Waals surface area (Å²) in [6, 6.07) is 5.98. The first-order chi connectivity index (χ1) is 6.27. The fourth-order valence-corrected chi connectivity index (χ4v) is 1.53. The van der Waals surface area contributed by atoms with Crippen molar-refractivity contribution in [2.45, 2.75) is 32.2 Å². The fourth-order valence-electron chi connectivity index (χ4n) is 1.53. The van der Waals surface area contributed by atoms with Crippen LogP contribution in [0.25, 0.3) is 0 Å². The fraction of sp³-hybridized carbons (Fsp3) is 0.455. The van der Waals surface area contributed by atoms with Gasteiger partial charge in [-0.15, -0.1) is 0 Å². The molecule has 1 saturated carbocycles. The minimum atomic E-state index is -0.102. The van der Waals surface area contributed by atoms with Gasteiger partial charge < -0.3 is 5.32 Å². The summed E-state index contributed by atoms with van der Waals surface area (Å²) >= 11 is 0. The predicted molar refractivity (Wildman–Crippen MR) is 52.4 cm³/mol. The van der Waals surface area contributed by atoms with Crippen LogP contribution in [0.4, 0.5) is 10.1 Å². The van der Waals surface area contributed by atoms with Crippen molar-refractivity contribution in [3.05, 3.63) is 29.6 Å². The molecule has 70 valence electrons. The topological polar surface area (TPSA) is 12.0 Å². The van der Waals surface area contributed by atoms with Gasteiger partial charge in [-0.05, 0) is 37.8 Å². The Balaban J connectivity index is 2.14. The zero-order valence-electron chi connectivity index (χ0n) is 7.81. The predicted octanol–water partition coefficient (Wildman–Crippen LogP) is 3.10. The van der Waals surface area contributed by atoms with Gasteiger partial charge in [0.2, 0.25) is 0 Å². The van der Waals surface area contributed by atoms with E-state index in [4.69, 9.17) is 0 Å². The van der Waals surface area contributed by atoms with Gasteiger partial charge in [0, 0.05) is 6.04 Å². The van der Waals surface area contributed by atoms with Gasteiger partial charge in [-0.3, -0.25) is 0 Å². The van der Waals surface area contributed by atoms with Crippen LogP contribution in [-0.4, -0.2) is 6.04 Å². The van der Waals surface area contributed by atoms with Crippen molar-refractivity contribution in [3.8, 4) is 0 Å². The van der Waals surface area contributed by atoms with E-state index in [0.29, 0.717) is 17.3 Å². The molecule has 0 unspecified atom stereocenters. The molecule has 1 aromatic carbocycles. The SMILES string of the molecule is Cc1cccc(NC2CCC2)c1F. The maximum absolute atomic E-state index is 13.5. The lowest BCUT2D eigenvalue weighted by Gasteiger charge is -2.27. The Labute approximate surface area is 78.0 Å². The van der Waals surface area contributed by atoms with Gasteiger partial charge in [-0.1, -0.05) is 12.1 Å². The highest BCUT2D eigenvalue weighted by molar-refractivity contribution is 5.48. The Morgan fingerprint density at radius 2 is 2.15 bits per heavy atom. The van der Waals surface area contributed by atoms with Crippen LogP contribution in [-0.2, 0) is 0 Å². The van der Waals surface area contributed by atoms with Crippen LogP contribution >= 0.6 is 0 Å². The molecule has 1 fully saturated rings. The van der Waals surface area contributed by atoms with Gasteiger partial charge in [0.25, 0.3) is 0 Å². The average molecular weight is 179 g/mol. The van der Waals surface area contributed by atoms with Crippen molar-refractivity contribution in [1.82, 2.24) is 0 Å². The maximum atomic E-state index is 13.5. The zero-order chi connectivity index (χ0) is 9.26. The molecule has 1 aromatic rings. The van der Waals surface area contributed by atoms with Crippen LogP contribution in [0.1, 0.15) is 24.8 Å². The molecule has 2 heteroatoms. The third-order valence-electron chi connectivity index (χ3n) is 2.66. The van der Waals surface area contributed by atoms with E-state index in [1.807, 2.05) is 6.07 Å². The molecule has 0 spiro atoms. The molecule has 0 aliphatic heterocycles. The smallest absolute Gasteiger partial charge is 0.149 e. The summed E-state index contributed by atoms with van der Waals surface area (Å²) in [5.41, 5.74) is 1.37. The number of rotatable bonds is 2. The third kappa shape index (κ3) is 1.67. The molecule has 1 nitrogen and oxygen atoms in total. The van der Waals surface area contributed by atoms with Crippen LogP contribution in [0.3, 0.4) is 0 Å². The van der Waals surface area contributed by atoms with Gasteiger partial charge in [0.1, 0.15) is 5.82 Å². The Morgan fingerprint density at radius 1 is 1.38 bits per heavy atom. The van der Waals surface area contributed by atoms with Gasteiger partial charge in [0.15, 0.2) is 0 Å². The van der Waals surface area contributed by atoms with E-state index in [9.17, 15) is 4.39 Å². The third-order valence-corrected chi connectivity index (χ3v) is 2.66. The normalized spacial score (nSPS) is 16.8. The second kappa shape index (κ2) is 3.36. The van der Waals surface area contributed by atoms with Gasteiger partial charge >= 0.3 is 0 Å². The standard InChI is InChI=1S/C11H14FN/c1-8-4-2-7-10(11(8)12)13-9-5-3-6-9/h2,4,7,9,13H,3,5-6H2,1H3. The van der Waals surface area contributed by atoms with Crippen molar-refractivity contribution in [1.29, 1.82) is 0 Å². The number of nitrogens with one attached hydrogen (secondary N) is 1. The molecule has 0 radical (unpaired) electrons. The van der Waals surface area contributed by atoms with E-state index in [0.717, 1.165) is 0 Å². The number of aryl methyl sites for hydroxylation is 1. The Morgan fingerprint density at radius 3 is 2.77 bits per heavy atom. The molecule has 13 heavy (non-hydrogen) atoms. The quantitative estimate of drug-likeness (QED) is 0.735. The Hall–Kier alpha value is -1.05. The van der Waals surface area contributed by atoms with Crippen molar-refractivity contribution < 1.29 is 4.39 Å². The molecule has 1 N–H and O–H groups in total. The monoisotopic (exact) mass is 179 g/mol. The minimum absolute atomic E-state index is 0.102. The zero-order valence-corrected chi connectivity index (χ0v) is 7.81. The highest BCUT2D eigenvalue weighted by atomic mass is 19.1. The maximum Gasteiger partial charge on any atom is 0.149 e. The molecule has 0 saturated heterocycles. The molecule has 0 aromatic heterocycles. The molecular weight excluding hydrogens is 165 g/mol. The molecule has 1 aliphatic rings. The van der Waals surface area contributed by atoms with Crippen LogP contribution in [0.2, 0.25) is 0 Å². The van der Waals surface area contributed by atoms with Crippen molar-refractivity contribution in [2.24, 2.45) is 0 Å². The lowest BCUT2D eigenvalue weighted by Crippen LogP contribution is -2.27. The first kappa shape index (κ1) is 8.54. The molecule has 2 rings (SSSR count). The van der Waals surface area contributed by atoms with Crippen LogP contribution in [0.5, 0.6) is 0 Å². The lowest BCUT2D eigenvalue weighted by molar-refractivity contribution is 0.443. The van der Waals surface area contributed by atoms with Crippen LogP contribution in [0, 0.1) is 12.7 Å². The summed E-state index contributed by atoms with van der Waals surface area (Å²) < 4.78 is 13.5. The first-order valence-electron chi connectivity index (χ1n) is 4.79. The largest absolute Gasteiger partial charge is 0.380 e. The summed E-state index contributed by atoms with van der Waals surface area (Å²) in [5, 5.41) is 3.21. The number of hydrogen-bond donors (Lipinski definition) is 1. The second-order valence-electron chi connectivity index (χ2n) is 3.71. The number of anilines is 1. The van der Waals surface area contributed by atoms with Crippen molar-refractivity contribution >= 4 is 5.69 Å². The Bertz CT molecular complexity index is 305. The average Bonchev–Trinajstić information content (AvgIpc) is 2.04.